The van der Waals surface area contributed by atoms with Gasteiger partial charge < -0.3 is 4.57 Å². The van der Waals surface area contributed by atoms with E-state index in [1.165, 1.54) is 6.20 Å². The van der Waals surface area contributed by atoms with Crippen molar-refractivity contribution in [2.75, 3.05) is 6.54 Å². The number of pyridine rings is 1. The molecule has 21 heavy (non-hydrogen) atoms. The van der Waals surface area contributed by atoms with Crippen molar-refractivity contribution < 1.29 is 8.42 Å². The molecule has 112 valence electrons. The summed E-state index contributed by atoms with van der Waals surface area (Å²) in [4.78, 5) is 8.37. The molecule has 0 aliphatic carbocycles. The molecule has 0 N–H and O–H groups in total. The molecule has 3 rings (SSSR count). The number of nitrogens with zero attached hydrogens (tertiary/aromatic N) is 4. The standard InChI is InChI=1S/C14H18N4O2S/c1-12-16-7-9-17(12)11-13-4-3-8-18(13)21(19,20)14-5-2-6-15-10-14/h2,5-7,9-10,13H,3-4,8,11H2,1H3. The van der Waals surface area contributed by atoms with Gasteiger partial charge in [0.1, 0.15) is 10.7 Å². The number of hydrogen-bond acceptors (Lipinski definition) is 4. The van der Waals surface area contributed by atoms with E-state index in [1.807, 2.05) is 17.7 Å². The molecule has 0 radical (unpaired) electrons. The third-order valence-corrected chi connectivity index (χ3v) is 5.83. The summed E-state index contributed by atoms with van der Waals surface area (Å²) in [5, 5.41) is 0. The summed E-state index contributed by atoms with van der Waals surface area (Å²) in [6.45, 7) is 3.13. The summed E-state index contributed by atoms with van der Waals surface area (Å²) in [6, 6.07) is 3.22. The third-order valence-electron chi connectivity index (χ3n) is 3.90. The first-order valence-corrected chi connectivity index (χ1v) is 8.42. The minimum atomic E-state index is -3.47. The molecule has 1 fully saturated rings. The lowest BCUT2D eigenvalue weighted by Crippen LogP contribution is -2.38. The Labute approximate surface area is 124 Å². The first-order valence-electron chi connectivity index (χ1n) is 6.98. The fourth-order valence-electron chi connectivity index (χ4n) is 2.77. The van der Waals surface area contributed by atoms with E-state index >= 15 is 0 Å². The predicted molar refractivity (Wildman–Crippen MR) is 78.1 cm³/mol. The number of sulfonamides is 1. The van der Waals surface area contributed by atoms with E-state index in [4.69, 9.17) is 0 Å². The van der Waals surface area contributed by atoms with Gasteiger partial charge in [-0.2, -0.15) is 4.31 Å². The van der Waals surface area contributed by atoms with Crippen molar-refractivity contribution in [3.8, 4) is 0 Å². The van der Waals surface area contributed by atoms with Crippen molar-refractivity contribution in [1.82, 2.24) is 18.8 Å². The van der Waals surface area contributed by atoms with E-state index in [0.29, 0.717) is 13.1 Å². The van der Waals surface area contributed by atoms with Crippen LogP contribution in [-0.4, -0.2) is 39.8 Å². The first kappa shape index (κ1) is 14.2. The predicted octanol–water partition coefficient (Wildman–Crippen LogP) is 1.44. The molecule has 0 aromatic carbocycles. The normalized spacial score (nSPS) is 20.0. The van der Waals surface area contributed by atoms with Gasteiger partial charge in [0.15, 0.2) is 0 Å². The number of rotatable bonds is 4. The molecule has 0 amide bonds. The van der Waals surface area contributed by atoms with Gasteiger partial charge in [-0.05, 0) is 31.9 Å². The molecular formula is C14H18N4O2S. The molecular weight excluding hydrogens is 288 g/mol. The van der Waals surface area contributed by atoms with Crippen molar-refractivity contribution in [3.05, 3.63) is 42.7 Å². The SMILES string of the molecule is Cc1nccn1CC1CCCN1S(=O)(=O)c1cccnc1. The van der Waals surface area contributed by atoms with E-state index in [9.17, 15) is 8.42 Å². The van der Waals surface area contributed by atoms with Crippen LogP contribution in [0.4, 0.5) is 0 Å². The van der Waals surface area contributed by atoms with E-state index in [1.54, 1.807) is 28.8 Å². The minimum Gasteiger partial charge on any atom is -0.334 e. The Morgan fingerprint density at radius 1 is 1.38 bits per heavy atom. The summed E-state index contributed by atoms with van der Waals surface area (Å²) in [6.07, 6.45) is 8.38. The van der Waals surface area contributed by atoms with Crippen LogP contribution in [0.25, 0.3) is 0 Å². The van der Waals surface area contributed by atoms with Gasteiger partial charge in [0.25, 0.3) is 0 Å². The quantitative estimate of drug-likeness (QED) is 0.857. The van der Waals surface area contributed by atoms with Gasteiger partial charge >= 0.3 is 0 Å². The fraction of sp³-hybridized carbons (Fsp3) is 0.429. The molecule has 1 aliphatic heterocycles. The van der Waals surface area contributed by atoms with Crippen molar-refractivity contribution in [3.63, 3.8) is 0 Å². The molecule has 3 heterocycles. The molecule has 2 aromatic heterocycles. The van der Waals surface area contributed by atoms with Crippen LogP contribution in [-0.2, 0) is 16.6 Å². The van der Waals surface area contributed by atoms with Gasteiger partial charge in [-0.1, -0.05) is 0 Å². The molecule has 0 bridgehead atoms. The maximum absolute atomic E-state index is 12.7. The van der Waals surface area contributed by atoms with Gasteiger partial charge in [-0.15, -0.1) is 0 Å². The van der Waals surface area contributed by atoms with Crippen molar-refractivity contribution >= 4 is 10.0 Å². The second kappa shape index (κ2) is 5.57. The largest absolute Gasteiger partial charge is 0.334 e. The molecule has 0 spiro atoms. The summed E-state index contributed by atoms with van der Waals surface area (Å²) >= 11 is 0. The van der Waals surface area contributed by atoms with Crippen LogP contribution in [0.2, 0.25) is 0 Å². The molecule has 1 atom stereocenters. The van der Waals surface area contributed by atoms with Crippen molar-refractivity contribution in [1.29, 1.82) is 0 Å². The highest BCUT2D eigenvalue weighted by molar-refractivity contribution is 7.89. The van der Waals surface area contributed by atoms with Crippen LogP contribution in [0.1, 0.15) is 18.7 Å². The van der Waals surface area contributed by atoms with Crippen LogP contribution in [0.5, 0.6) is 0 Å². The maximum Gasteiger partial charge on any atom is 0.244 e. The minimum absolute atomic E-state index is 0.0249. The number of aryl methyl sites for hydroxylation is 1. The van der Waals surface area contributed by atoms with Crippen LogP contribution in [0, 0.1) is 6.92 Å². The van der Waals surface area contributed by atoms with Gasteiger partial charge in [-0.3, -0.25) is 4.98 Å². The number of imidazole rings is 1. The highest BCUT2D eigenvalue weighted by Crippen LogP contribution is 2.26. The molecule has 7 heteroatoms. The van der Waals surface area contributed by atoms with Crippen LogP contribution < -0.4 is 0 Å². The Balaban J connectivity index is 1.86. The lowest BCUT2D eigenvalue weighted by Gasteiger charge is -2.24. The highest BCUT2D eigenvalue weighted by Gasteiger charge is 2.35. The Bertz CT molecular complexity index is 712. The van der Waals surface area contributed by atoms with Gasteiger partial charge in [0.2, 0.25) is 10.0 Å². The van der Waals surface area contributed by atoms with Crippen LogP contribution in [0.3, 0.4) is 0 Å². The summed E-state index contributed by atoms with van der Waals surface area (Å²) in [5.41, 5.74) is 0. The second-order valence-electron chi connectivity index (χ2n) is 5.23. The van der Waals surface area contributed by atoms with Crippen molar-refractivity contribution in [2.45, 2.75) is 37.2 Å². The summed E-state index contributed by atoms with van der Waals surface area (Å²) in [5.74, 6) is 0.903. The van der Waals surface area contributed by atoms with Gasteiger partial charge in [0.05, 0.1) is 0 Å². The van der Waals surface area contributed by atoms with E-state index in [2.05, 4.69) is 9.97 Å². The van der Waals surface area contributed by atoms with Gasteiger partial charge in [0, 0.05) is 43.9 Å². The Morgan fingerprint density at radius 3 is 2.90 bits per heavy atom. The zero-order chi connectivity index (χ0) is 14.9. The average molecular weight is 306 g/mol. The molecule has 1 aliphatic rings. The number of aromatic nitrogens is 3. The lowest BCUT2D eigenvalue weighted by molar-refractivity contribution is 0.350. The number of hydrogen-bond donors (Lipinski definition) is 0. The van der Waals surface area contributed by atoms with Crippen LogP contribution in [0.15, 0.2) is 41.8 Å². The topological polar surface area (TPSA) is 68.1 Å². The van der Waals surface area contributed by atoms with Crippen molar-refractivity contribution in [2.24, 2.45) is 0 Å². The Hall–Kier alpha value is -1.73. The molecule has 1 unspecified atom stereocenters. The smallest absolute Gasteiger partial charge is 0.244 e. The zero-order valence-corrected chi connectivity index (χ0v) is 12.7. The van der Waals surface area contributed by atoms with E-state index < -0.39 is 10.0 Å². The Kier molecular flexibility index (Phi) is 3.77. The summed E-state index contributed by atoms with van der Waals surface area (Å²) in [7, 11) is -3.47. The lowest BCUT2D eigenvalue weighted by atomic mass is 10.2. The second-order valence-corrected chi connectivity index (χ2v) is 7.12. The molecule has 1 saturated heterocycles. The maximum atomic E-state index is 12.7. The van der Waals surface area contributed by atoms with Gasteiger partial charge in [-0.25, -0.2) is 13.4 Å². The zero-order valence-electron chi connectivity index (χ0n) is 11.9. The van der Waals surface area contributed by atoms with E-state index in [0.717, 1.165) is 18.7 Å². The third kappa shape index (κ3) is 2.71. The Morgan fingerprint density at radius 2 is 2.24 bits per heavy atom. The first-order chi connectivity index (χ1) is 10.1. The van der Waals surface area contributed by atoms with E-state index in [-0.39, 0.29) is 10.9 Å². The highest BCUT2D eigenvalue weighted by atomic mass is 32.2. The molecule has 6 nitrogen and oxygen atoms in total. The molecule has 2 aromatic rings. The molecule has 0 saturated carbocycles. The van der Waals surface area contributed by atoms with Crippen LogP contribution >= 0.6 is 0 Å². The average Bonchev–Trinajstić information content (AvgIpc) is 3.11. The monoisotopic (exact) mass is 306 g/mol. The summed E-state index contributed by atoms with van der Waals surface area (Å²) < 4.78 is 29.0. The fourth-order valence-corrected chi connectivity index (χ4v) is 4.42.